The number of ketones is 1. The summed E-state index contributed by atoms with van der Waals surface area (Å²) in [5.74, 6) is -8.40. The molecule has 0 bridgehead atoms. The SMILES string of the molecule is CC1(C)[C@@H]2[C@@H](C(=O)N[C@@H](C[C@@H]3CCNC3=O)C(=O)COC(F)(F)F)N(C(=O)c3cc(F)cc(F)c3O)C[C@@H]21. The summed E-state index contributed by atoms with van der Waals surface area (Å²) in [6.07, 6.45) is -5.09. The number of hydrogen-bond acceptors (Lipinski definition) is 6. The van der Waals surface area contributed by atoms with Gasteiger partial charge in [-0.3, -0.25) is 23.9 Å². The second-order valence-electron chi connectivity index (χ2n) is 10.4. The molecule has 2 heterocycles. The van der Waals surface area contributed by atoms with Crippen LogP contribution in [-0.2, 0) is 19.1 Å². The Hall–Kier alpha value is -3.29. The molecule has 5 atom stereocenters. The molecule has 14 heteroatoms. The Morgan fingerprint density at radius 3 is 2.55 bits per heavy atom. The Morgan fingerprint density at radius 2 is 1.95 bits per heavy atom. The zero-order valence-corrected chi connectivity index (χ0v) is 20.4. The molecule has 3 fully saturated rings. The molecule has 0 spiro atoms. The number of ether oxygens (including phenoxy) is 1. The van der Waals surface area contributed by atoms with E-state index in [-0.39, 0.29) is 18.9 Å². The highest BCUT2D eigenvalue weighted by atomic mass is 19.4. The second kappa shape index (κ2) is 9.79. The smallest absolute Gasteiger partial charge is 0.504 e. The standard InChI is InChI=1S/C24H26F5N3O6/c1-23(2)13-8-32(22(37)12-6-11(25)7-14(26)19(12)34)18(17(13)23)21(36)31-15(5-10-3-4-30-20(10)35)16(33)9-38-24(27,28)29/h6-7,10,13,15,17-18,34H,3-5,8-9H2,1-2H3,(H,30,35)(H,31,36)/t10-,13-,15-,17-,18-/m0/s1. The molecule has 1 saturated carbocycles. The van der Waals surface area contributed by atoms with Gasteiger partial charge in [-0.15, -0.1) is 13.2 Å². The van der Waals surface area contributed by atoms with Crippen LogP contribution in [0.2, 0.25) is 0 Å². The van der Waals surface area contributed by atoms with Crippen molar-refractivity contribution in [1.82, 2.24) is 15.5 Å². The van der Waals surface area contributed by atoms with Crippen LogP contribution >= 0.6 is 0 Å². The lowest BCUT2D eigenvalue weighted by atomic mass is 9.94. The van der Waals surface area contributed by atoms with E-state index in [0.717, 1.165) is 4.90 Å². The summed E-state index contributed by atoms with van der Waals surface area (Å²) in [6, 6.07) is -1.76. The molecule has 0 radical (unpaired) electrons. The van der Waals surface area contributed by atoms with Crippen molar-refractivity contribution in [3.05, 3.63) is 29.3 Å². The Bertz CT molecular complexity index is 1170. The van der Waals surface area contributed by atoms with E-state index < -0.39 is 88.8 Å². The summed E-state index contributed by atoms with van der Waals surface area (Å²) < 4.78 is 68.9. The van der Waals surface area contributed by atoms with Gasteiger partial charge in [0.1, 0.15) is 18.5 Å². The van der Waals surface area contributed by atoms with E-state index in [9.17, 15) is 46.2 Å². The molecular formula is C24H26F5N3O6. The molecule has 1 aliphatic carbocycles. The first-order chi connectivity index (χ1) is 17.6. The van der Waals surface area contributed by atoms with E-state index >= 15 is 0 Å². The molecule has 2 saturated heterocycles. The fourth-order valence-corrected chi connectivity index (χ4v) is 5.62. The zero-order chi connectivity index (χ0) is 28.2. The van der Waals surface area contributed by atoms with E-state index in [1.54, 1.807) is 0 Å². The monoisotopic (exact) mass is 547 g/mol. The maximum Gasteiger partial charge on any atom is 0.522 e. The lowest BCUT2D eigenvalue weighted by Crippen LogP contribution is -2.54. The lowest BCUT2D eigenvalue weighted by molar-refractivity contribution is -0.321. The van der Waals surface area contributed by atoms with Crippen molar-refractivity contribution in [2.24, 2.45) is 23.2 Å². The number of hydrogen-bond donors (Lipinski definition) is 3. The fraction of sp³-hybridized carbons (Fsp3) is 0.583. The minimum atomic E-state index is -5.10. The topological polar surface area (TPSA) is 125 Å². The second-order valence-corrected chi connectivity index (χ2v) is 10.4. The Balaban J connectivity index is 1.58. The Kier molecular flexibility index (Phi) is 7.14. The predicted octanol–water partition coefficient (Wildman–Crippen LogP) is 1.88. The molecular weight excluding hydrogens is 521 g/mol. The summed E-state index contributed by atoms with van der Waals surface area (Å²) in [7, 11) is 0. The third-order valence-electron chi connectivity index (χ3n) is 7.76. The van der Waals surface area contributed by atoms with Gasteiger partial charge in [0.05, 0.1) is 11.6 Å². The number of Topliss-reactive ketones (excluding diaryl/α,β-unsaturated/α-hetero) is 1. The number of aromatic hydroxyl groups is 1. The first kappa shape index (κ1) is 27.7. The van der Waals surface area contributed by atoms with Crippen LogP contribution in [0.15, 0.2) is 12.1 Å². The van der Waals surface area contributed by atoms with Crippen LogP contribution < -0.4 is 10.6 Å². The van der Waals surface area contributed by atoms with Gasteiger partial charge in [-0.2, -0.15) is 0 Å². The van der Waals surface area contributed by atoms with Gasteiger partial charge in [-0.25, -0.2) is 8.78 Å². The number of benzene rings is 1. The van der Waals surface area contributed by atoms with Crippen LogP contribution in [0.5, 0.6) is 5.75 Å². The summed E-state index contributed by atoms with van der Waals surface area (Å²) >= 11 is 0. The number of alkyl halides is 3. The molecule has 9 nitrogen and oxygen atoms in total. The molecule has 1 aromatic rings. The maximum atomic E-state index is 13.9. The van der Waals surface area contributed by atoms with Crippen LogP contribution in [-0.4, -0.2) is 71.7 Å². The molecule has 3 N–H and O–H groups in total. The first-order valence-electron chi connectivity index (χ1n) is 11.9. The summed E-state index contributed by atoms with van der Waals surface area (Å²) in [4.78, 5) is 52.4. The molecule has 4 rings (SSSR count). The largest absolute Gasteiger partial charge is 0.522 e. The van der Waals surface area contributed by atoms with Gasteiger partial charge in [0.15, 0.2) is 17.3 Å². The van der Waals surface area contributed by atoms with Gasteiger partial charge in [0.2, 0.25) is 11.8 Å². The number of nitrogens with one attached hydrogen (secondary N) is 2. The van der Waals surface area contributed by atoms with Gasteiger partial charge in [-0.05, 0) is 36.2 Å². The zero-order valence-electron chi connectivity index (χ0n) is 20.4. The van der Waals surface area contributed by atoms with Gasteiger partial charge < -0.3 is 20.6 Å². The number of phenolic OH excluding ortho intramolecular Hbond substituents is 1. The van der Waals surface area contributed by atoms with Gasteiger partial charge in [0.25, 0.3) is 5.91 Å². The number of nitrogens with zero attached hydrogens (tertiary/aromatic N) is 1. The molecule has 1 aromatic carbocycles. The van der Waals surface area contributed by atoms with Crippen LogP contribution in [0.1, 0.15) is 37.0 Å². The first-order valence-corrected chi connectivity index (χ1v) is 11.9. The Morgan fingerprint density at radius 1 is 1.26 bits per heavy atom. The van der Waals surface area contributed by atoms with E-state index in [1.165, 1.54) is 0 Å². The van der Waals surface area contributed by atoms with Crippen LogP contribution in [0, 0.1) is 34.8 Å². The number of phenols is 1. The molecule has 38 heavy (non-hydrogen) atoms. The minimum absolute atomic E-state index is 0.00693. The minimum Gasteiger partial charge on any atom is -0.504 e. The number of halogens is 5. The molecule has 2 aliphatic heterocycles. The number of amides is 3. The van der Waals surface area contributed by atoms with Crippen molar-refractivity contribution >= 4 is 23.5 Å². The van der Waals surface area contributed by atoms with E-state index in [2.05, 4.69) is 15.4 Å². The van der Waals surface area contributed by atoms with Crippen LogP contribution in [0.4, 0.5) is 22.0 Å². The van der Waals surface area contributed by atoms with Gasteiger partial charge in [-0.1, -0.05) is 13.8 Å². The number of piperidine rings is 1. The molecule has 3 aliphatic rings. The highest BCUT2D eigenvalue weighted by Crippen LogP contribution is 2.65. The number of fused-ring (bicyclic) bond motifs is 1. The summed E-state index contributed by atoms with van der Waals surface area (Å²) in [5, 5.41) is 14.9. The number of likely N-dealkylation sites (tertiary alicyclic amines) is 1. The van der Waals surface area contributed by atoms with Crippen LogP contribution in [0.3, 0.4) is 0 Å². The number of carbonyl (C=O) groups is 4. The third-order valence-corrected chi connectivity index (χ3v) is 7.76. The maximum absolute atomic E-state index is 13.9. The number of carbonyl (C=O) groups excluding carboxylic acids is 4. The van der Waals surface area contributed by atoms with Crippen molar-refractivity contribution in [3.63, 3.8) is 0 Å². The van der Waals surface area contributed by atoms with E-state index in [4.69, 9.17) is 0 Å². The van der Waals surface area contributed by atoms with Crippen molar-refractivity contribution in [2.45, 2.75) is 45.1 Å². The van der Waals surface area contributed by atoms with Crippen molar-refractivity contribution in [2.75, 3.05) is 19.7 Å². The van der Waals surface area contributed by atoms with Crippen molar-refractivity contribution in [1.29, 1.82) is 0 Å². The Labute approximate surface area is 213 Å². The number of rotatable bonds is 8. The lowest BCUT2D eigenvalue weighted by Gasteiger charge is -2.31. The molecule has 0 aromatic heterocycles. The quantitative estimate of drug-likeness (QED) is 0.427. The van der Waals surface area contributed by atoms with E-state index in [1.807, 2.05) is 13.8 Å². The third kappa shape index (κ3) is 5.31. The van der Waals surface area contributed by atoms with Gasteiger partial charge >= 0.3 is 6.36 Å². The van der Waals surface area contributed by atoms with E-state index in [0.29, 0.717) is 25.1 Å². The highest BCUT2D eigenvalue weighted by Gasteiger charge is 2.69. The molecule has 208 valence electrons. The fourth-order valence-electron chi connectivity index (χ4n) is 5.62. The summed E-state index contributed by atoms with van der Waals surface area (Å²) in [5.41, 5.74) is -1.12. The van der Waals surface area contributed by atoms with Crippen molar-refractivity contribution in [3.8, 4) is 5.75 Å². The normalized spacial score (nSPS) is 26.5. The van der Waals surface area contributed by atoms with Gasteiger partial charge in [0, 0.05) is 25.1 Å². The molecule has 3 amide bonds. The average molecular weight is 547 g/mol. The summed E-state index contributed by atoms with van der Waals surface area (Å²) in [6.45, 7) is 2.59. The predicted molar refractivity (Wildman–Crippen MR) is 118 cm³/mol. The average Bonchev–Trinajstić information content (AvgIpc) is 3.18. The van der Waals surface area contributed by atoms with Crippen molar-refractivity contribution < 1.29 is 51.0 Å². The highest BCUT2D eigenvalue weighted by molar-refractivity contribution is 6.01. The molecule has 0 unspecified atom stereocenters. The van der Waals surface area contributed by atoms with Crippen LogP contribution in [0.25, 0.3) is 0 Å².